The van der Waals surface area contributed by atoms with Gasteiger partial charge in [-0.15, -0.1) is 0 Å². The van der Waals surface area contributed by atoms with Crippen molar-refractivity contribution in [3.63, 3.8) is 0 Å². The molecule has 0 bridgehead atoms. The number of rotatable bonds is 5. The zero-order chi connectivity index (χ0) is 19.3. The highest BCUT2D eigenvalue weighted by Crippen LogP contribution is 2.21. The van der Waals surface area contributed by atoms with Crippen molar-refractivity contribution < 1.29 is 13.6 Å². The van der Waals surface area contributed by atoms with Crippen molar-refractivity contribution in [2.45, 2.75) is 32.3 Å². The van der Waals surface area contributed by atoms with Gasteiger partial charge in [0.15, 0.2) is 16.7 Å². The lowest BCUT2D eigenvalue weighted by molar-refractivity contribution is 0.0916. The Bertz CT molecular complexity index is 1090. The molecule has 0 aromatic carbocycles. The number of pyridine rings is 1. The lowest BCUT2D eigenvalue weighted by Crippen LogP contribution is -2.28. The molecule has 1 aliphatic rings. The average molecular weight is 385 g/mol. The van der Waals surface area contributed by atoms with Crippen molar-refractivity contribution in [1.82, 2.24) is 14.5 Å². The van der Waals surface area contributed by atoms with Gasteiger partial charge in [-0.1, -0.05) is 12.8 Å². The summed E-state index contributed by atoms with van der Waals surface area (Å²) < 4.78 is 18.1. The zero-order valence-corrected chi connectivity index (χ0v) is 15.6. The van der Waals surface area contributed by atoms with Crippen LogP contribution in [-0.2, 0) is 11.3 Å². The molecule has 8 heteroatoms. The first kappa shape index (κ1) is 18.6. The Morgan fingerprint density at radius 1 is 1.00 bits per heavy atom. The van der Waals surface area contributed by atoms with Crippen LogP contribution in [-0.4, -0.2) is 40.8 Å². The van der Waals surface area contributed by atoms with Crippen LogP contribution in [0, 0.1) is 0 Å². The van der Waals surface area contributed by atoms with Crippen LogP contribution in [0.15, 0.2) is 48.9 Å². The molecule has 3 aromatic rings. The molecule has 0 aliphatic carbocycles. The SMILES string of the molecule is O=c1ccc(=O)oc2c(COCCN3CCCCCC3)nn3cccc(o1)c23. The van der Waals surface area contributed by atoms with E-state index < -0.39 is 11.3 Å². The van der Waals surface area contributed by atoms with Gasteiger partial charge in [0.1, 0.15) is 5.69 Å². The molecule has 1 aliphatic heterocycles. The maximum Gasteiger partial charge on any atom is 0.336 e. The molecule has 0 saturated carbocycles. The van der Waals surface area contributed by atoms with E-state index in [0.717, 1.165) is 31.8 Å². The fourth-order valence-electron chi connectivity index (χ4n) is 3.51. The second-order valence-corrected chi connectivity index (χ2v) is 6.93. The van der Waals surface area contributed by atoms with Gasteiger partial charge in [0.2, 0.25) is 0 Å². The summed E-state index contributed by atoms with van der Waals surface area (Å²) >= 11 is 0. The fraction of sp³-hybridized carbons (Fsp3) is 0.450. The second-order valence-electron chi connectivity index (χ2n) is 6.93. The maximum atomic E-state index is 12.0. The topological polar surface area (TPSA) is 90.2 Å². The minimum atomic E-state index is -0.658. The highest BCUT2D eigenvalue weighted by molar-refractivity contribution is 5.88. The summed E-state index contributed by atoms with van der Waals surface area (Å²) in [7, 11) is 0. The van der Waals surface area contributed by atoms with E-state index in [1.165, 1.54) is 30.2 Å². The standard InChI is InChI=1S/C20H23N3O5/c24-17-7-8-18(25)28-20-15(21-23-11-5-6-16(27-17)19(20)23)14-26-13-12-22-9-3-1-2-4-10-22/h5-8,11H,1-4,9-10,12-14H2. The molecule has 8 nitrogen and oxygen atoms in total. The van der Waals surface area contributed by atoms with Crippen molar-refractivity contribution in [1.29, 1.82) is 0 Å². The van der Waals surface area contributed by atoms with Gasteiger partial charge in [0.25, 0.3) is 0 Å². The highest BCUT2D eigenvalue weighted by Gasteiger charge is 2.15. The predicted molar refractivity (Wildman–Crippen MR) is 103 cm³/mol. The third kappa shape index (κ3) is 4.23. The van der Waals surface area contributed by atoms with Gasteiger partial charge in [-0.2, -0.15) is 5.10 Å². The molecule has 4 heterocycles. The fourth-order valence-corrected chi connectivity index (χ4v) is 3.51. The Balaban J connectivity index is 1.59. The summed E-state index contributed by atoms with van der Waals surface area (Å²) in [5.41, 5.74) is 0.158. The van der Waals surface area contributed by atoms with E-state index in [4.69, 9.17) is 13.6 Å². The Kier molecular flexibility index (Phi) is 5.68. The molecule has 0 radical (unpaired) electrons. The van der Waals surface area contributed by atoms with Crippen LogP contribution >= 0.6 is 0 Å². The van der Waals surface area contributed by atoms with E-state index in [-0.39, 0.29) is 17.8 Å². The normalized spacial score (nSPS) is 15.7. The maximum absolute atomic E-state index is 12.0. The highest BCUT2D eigenvalue weighted by atomic mass is 16.5. The first-order chi connectivity index (χ1) is 13.7. The largest absolute Gasteiger partial charge is 0.421 e. The molecule has 0 N–H and O–H groups in total. The molecular weight excluding hydrogens is 362 g/mol. The average Bonchev–Trinajstić information content (AvgIpc) is 2.86. The van der Waals surface area contributed by atoms with Gasteiger partial charge in [0, 0.05) is 24.9 Å². The molecule has 0 atom stereocenters. The Labute approximate surface area is 161 Å². The van der Waals surface area contributed by atoms with E-state index in [1.54, 1.807) is 18.3 Å². The van der Waals surface area contributed by atoms with E-state index in [1.807, 2.05) is 0 Å². The summed E-state index contributed by atoms with van der Waals surface area (Å²) in [5.74, 6) is 0. The molecule has 1 fully saturated rings. The predicted octanol–water partition coefficient (Wildman–Crippen LogP) is 2.35. The summed E-state index contributed by atoms with van der Waals surface area (Å²) in [6, 6.07) is 5.43. The third-order valence-electron chi connectivity index (χ3n) is 4.90. The summed E-state index contributed by atoms with van der Waals surface area (Å²) in [4.78, 5) is 26.2. The molecule has 148 valence electrons. The van der Waals surface area contributed by atoms with Crippen LogP contribution in [0.5, 0.6) is 0 Å². The van der Waals surface area contributed by atoms with Gasteiger partial charge in [-0.3, -0.25) is 0 Å². The smallest absolute Gasteiger partial charge is 0.336 e. The van der Waals surface area contributed by atoms with Crippen LogP contribution < -0.4 is 11.3 Å². The first-order valence-electron chi connectivity index (χ1n) is 9.63. The van der Waals surface area contributed by atoms with Crippen LogP contribution in [0.4, 0.5) is 0 Å². The lowest BCUT2D eigenvalue weighted by Gasteiger charge is -2.19. The van der Waals surface area contributed by atoms with E-state index in [2.05, 4.69) is 10.00 Å². The minimum Gasteiger partial charge on any atom is -0.421 e. The minimum absolute atomic E-state index is 0.204. The Hall–Kier alpha value is -2.71. The van der Waals surface area contributed by atoms with E-state index in [0.29, 0.717) is 17.8 Å². The quantitative estimate of drug-likeness (QED) is 0.623. The van der Waals surface area contributed by atoms with Crippen LogP contribution in [0.3, 0.4) is 0 Å². The molecule has 0 spiro atoms. The van der Waals surface area contributed by atoms with Crippen molar-refractivity contribution in [2.24, 2.45) is 0 Å². The van der Waals surface area contributed by atoms with Gasteiger partial charge < -0.3 is 18.5 Å². The Morgan fingerprint density at radius 2 is 1.75 bits per heavy atom. The number of likely N-dealkylation sites (tertiary alicyclic amines) is 1. The number of aromatic nitrogens is 2. The van der Waals surface area contributed by atoms with E-state index >= 15 is 0 Å². The van der Waals surface area contributed by atoms with Crippen molar-refractivity contribution >= 4 is 16.7 Å². The van der Waals surface area contributed by atoms with E-state index in [9.17, 15) is 9.59 Å². The molecule has 0 amide bonds. The number of hydrogen-bond donors (Lipinski definition) is 0. The molecule has 0 unspecified atom stereocenters. The monoisotopic (exact) mass is 385 g/mol. The lowest BCUT2D eigenvalue weighted by atomic mass is 10.2. The molecule has 3 aromatic heterocycles. The molecule has 28 heavy (non-hydrogen) atoms. The number of ether oxygens (including phenoxy) is 1. The number of nitrogens with zero attached hydrogens (tertiary/aromatic N) is 3. The van der Waals surface area contributed by atoms with Gasteiger partial charge >= 0.3 is 11.3 Å². The molecule has 4 rings (SSSR count). The van der Waals surface area contributed by atoms with Crippen molar-refractivity contribution in [3.05, 3.63) is 57.0 Å². The third-order valence-corrected chi connectivity index (χ3v) is 4.90. The Morgan fingerprint density at radius 3 is 2.54 bits per heavy atom. The van der Waals surface area contributed by atoms with Gasteiger partial charge in [-0.25, -0.2) is 14.1 Å². The molecular formula is C20H23N3O5. The van der Waals surface area contributed by atoms with Crippen molar-refractivity contribution in [2.75, 3.05) is 26.2 Å². The second kappa shape index (κ2) is 8.53. The van der Waals surface area contributed by atoms with Gasteiger partial charge in [-0.05, 0) is 38.1 Å². The summed E-state index contributed by atoms with van der Waals surface area (Å²) in [6.45, 7) is 3.87. The first-order valence-corrected chi connectivity index (χ1v) is 9.63. The van der Waals surface area contributed by atoms with Crippen molar-refractivity contribution in [3.8, 4) is 0 Å². The zero-order valence-electron chi connectivity index (χ0n) is 15.6. The summed E-state index contributed by atoms with van der Waals surface area (Å²) in [6.07, 6.45) is 6.78. The number of hydrogen-bond acceptors (Lipinski definition) is 7. The van der Waals surface area contributed by atoms with Gasteiger partial charge in [0.05, 0.1) is 13.2 Å². The van der Waals surface area contributed by atoms with Crippen LogP contribution in [0.1, 0.15) is 31.4 Å². The molecule has 1 saturated heterocycles. The summed E-state index contributed by atoms with van der Waals surface area (Å²) in [5, 5.41) is 4.44. The van der Waals surface area contributed by atoms with Crippen LogP contribution in [0.25, 0.3) is 16.7 Å². The van der Waals surface area contributed by atoms with Crippen LogP contribution in [0.2, 0.25) is 0 Å².